The van der Waals surface area contributed by atoms with Crippen LogP contribution >= 0.6 is 0 Å². The molecule has 0 saturated heterocycles. The highest BCUT2D eigenvalue weighted by Crippen LogP contribution is 2.11. The van der Waals surface area contributed by atoms with Crippen molar-refractivity contribution in [1.29, 1.82) is 0 Å². The number of carbonyl (C=O) groups is 1. The molecule has 0 saturated carbocycles. The average molecular weight is 273 g/mol. The molecule has 6 nitrogen and oxygen atoms in total. The molecule has 0 radical (unpaired) electrons. The molecule has 0 amide bonds. The number of carboxylic acid groups (broad SMARTS) is 1. The number of aliphatic carboxylic acids is 1. The van der Waals surface area contributed by atoms with Gasteiger partial charge in [0.2, 0.25) is 10.0 Å². The number of benzene rings is 1. The van der Waals surface area contributed by atoms with Gasteiger partial charge in [0.15, 0.2) is 0 Å². The first-order valence-corrected chi connectivity index (χ1v) is 7.00. The number of phenols is 1. The van der Waals surface area contributed by atoms with Gasteiger partial charge >= 0.3 is 5.97 Å². The van der Waals surface area contributed by atoms with E-state index in [9.17, 15) is 13.2 Å². The highest BCUT2D eigenvalue weighted by molar-refractivity contribution is 7.89. The Labute approximate surface area is 105 Å². The number of phenolic OH excluding ortho intramolecular Hbond substituents is 1. The normalized spacial score (nSPS) is 13.2. The second-order valence-corrected chi connectivity index (χ2v) is 5.83. The molecule has 1 aromatic rings. The fourth-order valence-electron chi connectivity index (χ4n) is 1.35. The van der Waals surface area contributed by atoms with E-state index in [2.05, 4.69) is 4.72 Å². The second kappa shape index (κ2) is 5.83. The molecule has 3 N–H and O–H groups in total. The van der Waals surface area contributed by atoms with Gasteiger partial charge in [-0.15, -0.1) is 0 Å². The van der Waals surface area contributed by atoms with Crippen LogP contribution in [0.4, 0.5) is 0 Å². The summed E-state index contributed by atoms with van der Waals surface area (Å²) in [4.78, 5) is 11.0. The van der Waals surface area contributed by atoms with E-state index in [0.29, 0.717) is 5.56 Å². The van der Waals surface area contributed by atoms with E-state index < -0.39 is 22.0 Å². The lowest BCUT2D eigenvalue weighted by atomic mass is 10.1. The van der Waals surface area contributed by atoms with Gasteiger partial charge in [-0.05, 0) is 31.0 Å². The van der Waals surface area contributed by atoms with Crippen molar-refractivity contribution in [1.82, 2.24) is 4.72 Å². The Morgan fingerprint density at radius 2 is 1.89 bits per heavy atom. The topological polar surface area (TPSA) is 104 Å². The van der Waals surface area contributed by atoms with Crippen molar-refractivity contribution in [3.63, 3.8) is 0 Å². The lowest BCUT2D eigenvalue weighted by Gasteiger charge is -2.14. The molecule has 0 fully saturated rings. The van der Waals surface area contributed by atoms with E-state index in [4.69, 9.17) is 10.2 Å². The first-order valence-electron chi connectivity index (χ1n) is 5.35. The van der Waals surface area contributed by atoms with Crippen LogP contribution in [0.3, 0.4) is 0 Å². The predicted molar refractivity (Wildman–Crippen MR) is 65.8 cm³/mol. The number of hydrogen-bond acceptors (Lipinski definition) is 4. The summed E-state index contributed by atoms with van der Waals surface area (Å²) >= 11 is 0. The number of aromatic hydroxyl groups is 1. The van der Waals surface area contributed by atoms with Crippen molar-refractivity contribution in [3.8, 4) is 5.75 Å². The van der Waals surface area contributed by atoms with Gasteiger partial charge in [0.25, 0.3) is 0 Å². The van der Waals surface area contributed by atoms with Gasteiger partial charge in [0.05, 0.1) is 5.75 Å². The molecule has 1 rings (SSSR count). The smallest absolute Gasteiger partial charge is 0.322 e. The molecule has 0 aliphatic carbocycles. The zero-order valence-electron chi connectivity index (χ0n) is 9.83. The van der Waals surface area contributed by atoms with Gasteiger partial charge in [-0.25, -0.2) is 13.1 Å². The molecule has 100 valence electrons. The minimum Gasteiger partial charge on any atom is -0.508 e. The summed E-state index contributed by atoms with van der Waals surface area (Å²) in [5.41, 5.74) is 0.624. The van der Waals surface area contributed by atoms with Crippen LogP contribution in [0, 0.1) is 0 Å². The molecular formula is C11H15NO5S. The molecule has 0 spiro atoms. The van der Waals surface area contributed by atoms with Crippen LogP contribution in [0.15, 0.2) is 24.3 Å². The molecule has 1 unspecified atom stereocenters. The quantitative estimate of drug-likeness (QED) is 0.693. The Hall–Kier alpha value is -1.60. The van der Waals surface area contributed by atoms with Crippen molar-refractivity contribution >= 4 is 16.0 Å². The number of nitrogens with one attached hydrogen (secondary N) is 1. The minimum absolute atomic E-state index is 0.0227. The largest absolute Gasteiger partial charge is 0.508 e. The molecule has 0 bridgehead atoms. The fourth-order valence-corrected chi connectivity index (χ4v) is 2.13. The monoisotopic (exact) mass is 273 g/mol. The average Bonchev–Trinajstić information content (AvgIpc) is 2.31. The third kappa shape index (κ3) is 4.34. The fraction of sp³-hybridized carbons (Fsp3) is 0.364. The molecule has 0 aliphatic rings. The number of hydrogen-bond donors (Lipinski definition) is 3. The van der Waals surface area contributed by atoms with Crippen LogP contribution in [0.1, 0.15) is 12.5 Å². The molecule has 1 atom stereocenters. The molecule has 7 heteroatoms. The third-order valence-electron chi connectivity index (χ3n) is 2.38. The summed E-state index contributed by atoms with van der Waals surface area (Å²) in [6, 6.07) is 4.72. The maximum Gasteiger partial charge on any atom is 0.322 e. The first kappa shape index (κ1) is 14.5. The van der Waals surface area contributed by atoms with Gasteiger partial charge in [0, 0.05) is 0 Å². The molecule has 0 aliphatic heterocycles. The molecular weight excluding hydrogens is 258 g/mol. The van der Waals surface area contributed by atoms with E-state index >= 15 is 0 Å². The van der Waals surface area contributed by atoms with Crippen molar-refractivity contribution in [2.75, 3.05) is 5.75 Å². The Morgan fingerprint density at radius 1 is 1.33 bits per heavy atom. The van der Waals surface area contributed by atoms with Gasteiger partial charge in [-0.2, -0.15) is 0 Å². The highest BCUT2D eigenvalue weighted by Gasteiger charge is 2.23. The van der Waals surface area contributed by atoms with Crippen molar-refractivity contribution in [2.24, 2.45) is 0 Å². The van der Waals surface area contributed by atoms with Gasteiger partial charge in [0.1, 0.15) is 11.8 Å². The van der Waals surface area contributed by atoms with Crippen molar-refractivity contribution in [3.05, 3.63) is 29.8 Å². The van der Waals surface area contributed by atoms with Gasteiger partial charge in [-0.1, -0.05) is 12.1 Å². The van der Waals surface area contributed by atoms with E-state index in [1.807, 2.05) is 0 Å². The number of carboxylic acids is 1. The summed E-state index contributed by atoms with van der Waals surface area (Å²) in [7, 11) is -3.57. The zero-order chi connectivity index (χ0) is 13.8. The zero-order valence-corrected chi connectivity index (χ0v) is 10.6. The summed E-state index contributed by atoms with van der Waals surface area (Å²) < 4.78 is 24.8. The van der Waals surface area contributed by atoms with Crippen LogP contribution in [0.25, 0.3) is 0 Å². The second-order valence-electron chi connectivity index (χ2n) is 3.78. The summed E-state index contributed by atoms with van der Waals surface area (Å²) in [5, 5.41) is 18.1. The summed E-state index contributed by atoms with van der Waals surface area (Å²) in [6.45, 7) is 1.43. The van der Waals surface area contributed by atoms with Crippen LogP contribution in [-0.2, 0) is 21.2 Å². The number of rotatable bonds is 6. The van der Waals surface area contributed by atoms with Gasteiger partial charge < -0.3 is 10.2 Å². The Balaban J connectivity index is 2.81. The van der Waals surface area contributed by atoms with E-state index in [1.165, 1.54) is 19.1 Å². The molecule has 18 heavy (non-hydrogen) atoms. The Kier molecular flexibility index (Phi) is 4.69. The number of sulfonamides is 1. The van der Waals surface area contributed by atoms with Gasteiger partial charge in [-0.3, -0.25) is 4.79 Å². The van der Waals surface area contributed by atoms with Crippen LogP contribution < -0.4 is 4.72 Å². The minimum atomic E-state index is -3.57. The Morgan fingerprint density at radius 3 is 2.33 bits per heavy atom. The van der Waals surface area contributed by atoms with Crippen molar-refractivity contribution in [2.45, 2.75) is 19.4 Å². The molecule has 0 aromatic heterocycles. The maximum absolute atomic E-state index is 11.3. The molecule has 0 heterocycles. The first-order chi connectivity index (χ1) is 8.34. The van der Waals surface area contributed by atoms with Crippen molar-refractivity contribution < 1.29 is 23.4 Å². The highest BCUT2D eigenvalue weighted by atomic mass is 32.2. The van der Waals surface area contributed by atoms with Crippen LogP contribution in [0.5, 0.6) is 5.75 Å². The third-order valence-corrected chi connectivity index (χ3v) is 3.78. The van der Waals surface area contributed by atoms with Crippen LogP contribution in [-0.4, -0.2) is 36.4 Å². The Bertz CT molecular complexity index is 509. The predicted octanol–water partition coefficient (Wildman–Crippen LogP) is 0.327. The SMILES string of the molecule is CCS(=O)(=O)NC(Cc1ccc(O)cc1)C(=O)O. The van der Waals surface area contributed by atoms with Crippen LogP contribution in [0.2, 0.25) is 0 Å². The van der Waals surface area contributed by atoms with E-state index in [0.717, 1.165) is 0 Å². The lowest BCUT2D eigenvalue weighted by Crippen LogP contribution is -2.42. The lowest BCUT2D eigenvalue weighted by molar-refractivity contribution is -0.138. The standard InChI is InChI=1S/C11H15NO5S/c1-2-18(16,17)12-10(11(14)15)7-8-3-5-9(13)6-4-8/h3-6,10,12-13H,2,7H2,1H3,(H,14,15). The maximum atomic E-state index is 11.3. The molecule has 1 aromatic carbocycles. The van der Waals surface area contributed by atoms with E-state index in [1.54, 1.807) is 12.1 Å². The summed E-state index contributed by atoms with van der Waals surface area (Å²) in [5.74, 6) is -1.34. The van der Waals surface area contributed by atoms with E-state index in [-0.39, 0.29) is 17.9 Å². The summed E-state index contributed by atoms with van der Waals surface area (Å²) in [6.07, 6.45) is 0.0227.